The van der Waals surface area contributed by atoms with E-state index in [4.69, 9.17) is 0 Å². The van der Waals surface area contributed by atoms with Crippen molar-refractivity contribution in [3.63, 3.8) is 0 Å². The summed E-state index contributed by atoms with van der Waals surface area (Å²) in [6, 6.07) is 6.21. The van der Waals surface area contributed by atoms with E-state index in [-0.39, 0.29) is 17.1 Å². The average Bonchev–Trinajstić information content (AvgIpc) is 2.94. The van der Waals surface area contributed by atoms with Crippen molar-refractivity contribution in [3.05, 3.63) is 67.5 Å². The molecule has 8 nitrogen and oxygen atoms in total. The van der Waals surface area contributed by atoms with Crippen molar-refractivity contribution >= 4 is 11.6 Å². The molecule has 1 atom stereocenters. The second-order valence-corrected chi connectivity index (χ2v) is 5.78. The van der Waals surface area contributed by atoms with Crippen molar-refractivity contribution in [2.24, 2.45) is 0 Å². The maximum Gasteiger partial charge on any atom is 0.387 e. The molecule has 1 aromatic carbocycles. The Morgan fingerprint density at radius 3 is 2.69 bits per heavy atom. The van der Waals surface area contributed by atoms with Gasteiger partial charge in [0.1, 0.15) is 11.6 Å². The highest BCUT2D eigenvalue weighted by Gasteiger charge is 2.35. The standard InChI is InChI=1S/C16H13F2N5O3/c1-6-9-10(7-4-2-3-5-8(7)26-15(17)18)11-12(19-13(9)23-22-6)20-16(25)21-14(11)24/h2-5,10,15H,1H3,(H4,19,20,21,22,23,24,25)/t10-/m0/s1. The van der Waals surface area contributed by atoms with Gasteiger partial charge in [0.05, 0.1) is 11.5 Å². The van der Waals surface area contributed by atoms with E-state index in [2.05, 4.69) is 30.2 Å². The topological polar surface area (TPSA) is 116 Å². The molecule has 0 aliphatic carbocycles. The van der Waals surface area contributed by atoms with Gasteiger partial charge in [0.2, 0.25) is 0 Å². The first-order chi connectivity index (χ1) is 12.5. The maximum absolute atomic E-state index is 12.8. The molecule has 10 heteroatoms. The summed E-state index contributed by atoms with van der Waals surface area (Å²) in [6.07, 6.45) is 0. The fourth-order valence-electron chi connectivity index (χ4n) is 3.25. The zero-order valence-electron chi connectivity index (χ0n) is 13.4. The normalized spacial score (nSPS) is 15.3. The number of aryl methyl sites for hydroxylation is 1. The Balaban J connectivity index is 2.02. The third-order valence-electron chi connectivity index (χ3n) is 4.24. The number of alkyl halides is 2. The van der Waals surface area contributed by atoms with Crippen LogP contribution in [0.4, 0.5) is 20.4 Å². The zero-order valence-corrected chi connectivity index (χ0v) is 13.4. The van der Waals surface area contributed by atoms with E-state index in [1.807, 2.05) is 0 Å². The number of aromatic amines is 3. The molecule has 0 bridgehead atoms. The zero-order chi connectivity index (χ0) is 18.4. The van der Waals surface area contributed by atoms with Crippen LogP contribution in [0.25, 0.3) is 0 Å². The van der Waals surface area contributed by atoms with Crippen LogP contribution in [0, 0.1) is 6.92 Å². The molecular formula is C16H13F2N5O3. The van der Waals surface area contributed by atoms with E-state index in [9.17, 15) is 18.4 Å². The fourth-order valence-corrected chi connectivity index (χ4v) is 3.25. The average molecular weight is 361 g/mol. The number of anilines is 2. The first kappa shape index (κ1) is 16.1. The number of H-pyrrole nitrogens is 3. The van der Waals surface area contributed by atoms with Crippen LogP contribution in [0.5, 0.6) is 5.75 Å². The molecule has 1 aliphatic rings. The Hall–Kier alpha value is -3.43. The summed E-state index contributed by atoms with van der Waals surface area (Å²) in [5.41, 5.74) is 0.499. The second-order valence-electron chi connectivity index (χ2n) is 5.78. The molecule has 3 aromatic rings. The number of hydrogen-bond donors (Lipinski definition) is 4. The highest BCUT2D eigenvalue weighted by atomic mass is 19.3. The number of nitrogens with one attached hydrogen (secondary N) is 4. The molecule has 26 heavy (non-hydrogen) atoms. The van der Waals surface area contributed by atoms with Crippen LogP contribution in [0.1, 0.15) is 28.3 Å². The number of nitrogens with zero attached hydrogens (tertiary/aromatic N) is 1. The van der Waals surface area contributed by atoms with Crippen LogP contribution in [0.2, 0.25) is 0 Å². The Labute approximate surface area is 144 Å². The Morgan fingerprint density at radius 1 is 1.15 bits per heavy atom. The lowest BCUT2D eigenvalue weighted by Crippen LogP contribution is -2.32. The molecule has 134 valence electrons. The van der Waals surface area contributed by atoms with Gasteiger partial charge in [-0.2, -0.15) is 13.9 Å². The smallest absolute Gasteiger partial charge is 0.387 e. The molecule has 1 aliphatic heterocycles. The maximum atomic E-state index is 12.8. The van der Waals surface area contributed by atoms with Gasteiger partial charge in [-0.25, -0.2) is 4.79 Å². The first-order valence-corrected chi connectivity index (χ1v) is 7.68. The number of halogens is 2. The Bertz CT molecular complexity index is 1100. The molecule has 0 saturated heterocycles. The van der Waals surface area contributed by atoms with Crippen LogP contribution in [0.3, 0.4) is 0 Å². The predicted molar refractivity (Wildman–Crippen MR) is 88.3 cm³/mol. The van der Waals surface area contributed by atoms with Crippen molar-refractivity contribution in [2.45, 2.75) is 19.5 Å². The molecule has 3 heterocycles. The fraction of sp³-hybridized carbons (Fsp3) is 0.188. The quantitative estimate of drug-likeness (QED) is 0.445. The summed E-state index contributed by atoms with van der Waals surface area (Å²) in [4.78, 5) is 28.8. The van der Waals surface area contributed by atoms with E-state index in [0.29, 0.717) is 22.6 Å². The molecule has 0 radical (unpaired) electrons. The van der Waals surface area contributed by atoms with E-state index in [1.165, 1.54) is 6.07 Å². The number of fused-ring (bicyclic) bond motifs is 2. The minimum atomic E-state index is -3.02. The van der Waals surface area contributed by atoms with Crippen molar-refractivity contribution < 1.29 is 13.5 Å². The number of aromatic nitrogens is 4. The summed E-state index contributed by atoms with van der Waals surface area (Å²) < 4.78 is 30.3. The van der Waals surface area contributed by atoms with Crippen LogP contribution in [-0.4, -0.2) is 26.8 Å². The summed E-state index contributed by atoms with van der Waals surface area (Å²) in [7, 11) is 0. The molecule has 0 fully saturated rings. The van der Waals surface area contributed by atoms with Crippen LogP contribution in [-0.2, 0) is 0 Å². The monoisotopic (exact) mass is 361 g/mol. The summed E-state index contributed by atoms with van der Waals surface area (Å²) >= 11 is 0. The van der Waals surface area contributed by atoms with Crippen LogP contribution >= 0.6 is 0 Å². The van der Waals surface area contributed by atoms with Crippen LogP contribution < -0.4 is 21.3 Å². The van der Waals surface area contributed by atoms with Crippen molar-refractivity contribution in [1.82, 2.24) is 20.2 Å². The van der Waals surface area contributed by atoms with Gasteiger partial charge in [-0.05, 0) is 13.0 Å². The number of rotatable bonds is 3. The highest BCUT2D eigenvalue weighted by Crippen LogP contribution is 2.45. The molecule has 2 aromatic heterocycles. The van der Waals surface area contributed by atoms with Gasteiger partial charge in [0, 0.05) is 16.8 Å². The van der Waals surface area contributed by atoms with E-state index >= 15 is 0 Å². The molecule has 4 rings (SSSR count). The van der Waals surface area contributed by atoms with Crippen LogP contribution in [0.15, 0.2) is 33.9 Å². The minimum Gasteiger partial charge on any atom is -0.435 e. The molecular weight excluding hydrogens is 348 g/mol. The van der Waals surface area contributed by atoms with Crippen molar-refractivity contribution in [3.8, 4) is 5.75 Å². The Morgan fingerprint density at radius 2 is 1.92 bits per heavy atom. The van der Waals surface area contributed by atoms with Gasteiger partial charge in [0.25, 0.3) is 5.56 Å². The van der Waals surface area contributed by atoms with Gasteiger partial charge in [0.15, 0.2) is 5.82 Å². The lowest BCUT2D eigenvalue weighted by atomic mass is 9.83. The molecule has 0 unspecified atom stereocenters. The molecule has 0 spiro atoms. The third-order valence-corrected chi connectivity index (χ3v) is 4.24. The largest absolute Gasteiger partial charge is 0.435 e. The van der Waals surface area contributed by atoms with Gasteiger partial charge in [-0.3, -0.25) is 19.9 Å². The molecule has 4 N–H and O–H groups in total. The van der Waals surface area contributed by atoms with Crippen molar-refractivity contribution in [2.75, 3.05) is 5.32 Å². The summed E-state index contributed by atoms with van der Waals surface area (Å²) in [6.45, 7) is -1.27. The van der Waals surface area contributed by atoms with Crippen molar-refractivity contribution in [1.29, 1.82) is 0 Å². The molecule has 0 amide bonds. The van der Waals surface area contributed by atoms with E-state index < -0.39 is 23.8 Å². The van der Waals surface area contributed by atoms with E-state index in [0.717, 1.165) is 0 Å². The third kappa shape index (κ3) is 2.46. The summed E-state index contributed by atoms with van der Waals surface area (Å²) in [5, 5.41) is 9.82. The lowest BCUT2D eigenvalue weighted by Gasteiger charge is -2.26. The number of hydrogen-bond acceptors (Lipinski definition) is 5. The van der Waals surface area contributed by atoms with Gasteiger partial charge in [-0.1, -0.05) is 18.2 Å². The second kappa shape index (κ2) is 5.83. The number of para-hydroxylation sites is 1. The van der Waals surface area contributed by atoms with E-state index in [1.54, 1.807) is 25.1 Å². The number of ether oxygens (including phenoxy) is 1. The SMILES string of the molecule is Cc1[nH]nc2c1[C@H](c1ccccc1OC(F)F)c1c([nH]c(=O)[nH]c1=O)N2. The van der Waals surface area contributed by atoms with Gasteiger partial charge in [-0.15, -0.1) is 0 Å². The minimum absolute atomic E-state index is 0.0579. The van der Waals surface area contributed by atoms with Gasteiger partial charge < -0.3 is 10.1 Å². The molecule has 0 saturated carbocycles. The number of benzene rings is 1. The Kier molecular flexibility index (Phi) is 3.60. The predicted octanol–water partition coefficient (Wildman–Crippen LogP) is 1.93. The lowest BCUT2D eigenvalue weighted by molar-refractivity contribution is -0.0504. The van der Waals surface area contributed by atoms with Gasteiger partial charge >= 0.3 is 12.3 Å². The highest BCUT2D eigenvalue weighted by molar-refractivity contribution is 5.72. The first-order valence-electron chi connectivity index (χ1n) is 7.68. The summed E-state index contributed by atoms with van der Waals surface area (Å²) in [5.74, 6) is -0.254.